The van der Waals surface area contributed by atoms with Crippen molar-refractivity contribution in [3.63, 3.8) is 0 Å². The van der Waals surface area contributed by atoms with Crippen LogP contribution in [-0.4, -0.2) is 42.0 Å². The molecule has 0 aromatic carbocycles. The van der Waals surface area contributed by atoms with Gasteiger partial charge in [0, 0.05) is 37.9 Å². The number of unbranched alkanes of at least 4 members (excludes halogenated alkanes) is 1. The Morgan fingerprint density at radius 2 is 2.06 bits per heavy atom. The van der Waals surface area contributed by atoms with Gasteiger partial charge in [0.1, 0.15) is 0 Å². The zero-order chi connectivity index (χ0) is 12.2. The van der Waals surface area contributed by atoms with Crippen molar-refractivity contribution in [2.75, 3.05) is 32.1 Å². The topological polar surface area (TPSA) is 47.0 Å². The number of rotatable bonds is 10. The van der Waals surface area contributed by atoms with Crippen molar-refractivity contribution in [1.82, 2.24) is 15.3 Å². The van der Waals surface area contributed by atoms with E-state index in [4.69, 9.17) is 4.74 Å². The molecule has 96 valence electrons. The van der Waals surface area contributed by atoms with Crippen LogP contribution in [-0.2, 0) is 4.74 Å². The molecule has 0 saturated carbocycles. The summed E-state index contributed by atoms with van der Waals surface area (Å²) < 4.78 is 5.27. The van der Waals surface area contributed by atoms with Gasteiger partial charge < -0.3 is 10.1 Å². The van der Waals surface area contributed by atoms with Crippen LogP contribution in [0.4, 0.5) is 0 Å². The van der Waals surface area contributed by atoms with Gasteiger partial charge in [0.2, 0.25) is 0 Å². The van der Waals surface area contributed by atoms with Crippen LogP contribution in [0.15, 0.2) is 23.6 Å². The van der Waals surface area contributed by atoms with Gasteiger partial charge in [-0.05, 0) is 32.4 Å². The van der Waals surface area contributed by atoms with Crippen molar-refractivity contribution in [2.24, 2.45) is 0 Å². The molecular formula is C12H21N3OS. The first-order valence-corrected chi connectivity index (χ1v) is 7.10. The van der Waals surface area contributed by atoms with E-state index in [1.165, 1.54) is 6.42 Å². The molecule has 0 fully saturated rings. The second-order valence-electron chi connectivity index (χ2n) is 3.53. The molecule has 1 heterocycles. The number of ether oxygens (including phenoxy) is 1. The van der Waals surface area contributed by atoms with Gasteiger partial charge in [-0.1, -0.05) is 11.8 Å². The minimum atomic E-state index is 0.821. The highest BCUT2D eigenvalue weighted by atomic mass is 32.2. The first-order chi connectivity index (χ1) is 8.43. The van der Waals surface area contributed by atoms with Crippen molar-refractivity contribution < 1.29 is 4.74 Å². The molecule has 17 heavy (non-hydrogen) atoms. The molecule has 0 saturated heterocycles. The maximum absolute atomic E-state index is 5.27. The maximum Gasteiger partial charge on any atom is 0.187 e. The molecule has 0 aliphatic carbocycles. The Morgan fingerprint density at radius 3 is 2.82 bits per heavy atom. The lowest BCUT2D eigenvalue weighted by Gasteiger charge is -2.04. The van der Waals surface area contributed by atoms with Crippen LogP contribution in [0.5, 0.6) is 0 Å². The number of nitrogens with one attached hydrogen (secondary N) is 1. The van der Waals surface area contributed by atoms with Gasteiger partial charge in [0.25, 0.3) is 0 Å². The Morgan fingerprint density at radius 1 is 1.24 bits per heavy atom. The van der Waals surface area contributed by atoms with E-state index in [-0.39, 0.29) is 0 Å². The van der Waals surface area contributed by atoms with Crippen LogP contribution in [0.2, 0.25) is 0 Å². The molecule has 0 amide bonds. The normalized spacial score (nSPS) is 10.6. The summed E-state index contributed by atoms with van der Waals surface area (Å²) >= 11 is 1.68. The molecule has 1 aromatic heterocycles. The Balaban J connectivity index is 1.85. The lowest BCUT2D eigenvalue weighted by molar-refractivity contribution is 0.143. The highest BCUT2D eigenvalue weighted by Crippen LogP contribution is 2.08. The fraction of sp³-hybridized carbons (Fsp3) is 0.667. The second kappa shape index (κ2) is 10.5. The van der Waals surface area contributed by atoms with Gasteiger partial charge in [-0.25, -0.2) is 9.97 Å². The average molecular weight is 255 g/mol. The van der Waals surface area contributed by atoms with Crippen LogP contribution in [0.1, 0.15) is 19.8 Å². The second-order valence-corrected chi connectivity index (χ2v) is 4.60. The fourth-order valence-corrected chi connectivity index (χ4v) is 2.00. The molecule has 0 bridgehead atoms. The van der Waals surface area contributed by atoms with Crippen molar-refractivity contribution >= 4 is 11.8 Å². The van der Waals surface area contributed by atoms with Crippen molar-refractivity contribution in [1.29, 1.82) is 0 Å². The number of thioether (sulfide) groups is 1. The van der Waals surface area contributed by atoms with Crippen molar-refractivity contribution in [2.45, 2.75) is 24.9 Å². The summed E-state index contributed by atoms with van der Waals surface area (Å²) in [6.45, 7) is 5.79. The first-order valence-electron chi connectivity index (χ1n) is 6.11. The van der Waals surface area contributed by atoms with Gasteiger partial charge >= 0.3 is 0 Å². The molecule has 0 unspecified atom stereocenters. The molecule has 0 aliphatic heterocycles. The van der Waals surface area contributed by atoms with E-state index < -0.39 is 0 Å². The molecule has 1 aromatic rings. The van der Waals surface area contributed by atoms with E-state index >= 15 is 0 Å². The molecule has 0 radical (unpaired) electrons. The smallest absolute Gasteiger partial charge is 0.187 e. The van der Waals surface area contributed by atoms with E-state index in [1.807, 2.05) is 13.0 Å². The molecule has 0 atom stereocenters. The third kappa shape index (κ3) is 8.12. The summed E-state index contributed by atoms with van der Waals surface area (Å²) in [6.07, 6.45) is 5.86. The lowest BCUT2D eigenvalue weighted by atomic mass is 10.3. The zero-order valence-corrected chi connectivity index (χ0v) is 11.2. The van der Waals surface area contributed by atoms with Crippen molar-refractivity contribution in [3.05, 3.63) is 18.5 Å². The predicted octanol–water partition coefficient (Wildman–Crippen LogP) is 1.98. The van der Waals surface area contributed by atoms with Crippen LogP contribution in [0.25, 0.3) is 0 Å². The Hall–Kier alpha value is -0.650. The highest BCUT2D eigenvalue weighted by Gasteiger charge is 1.95. The number of hydrogen-bond donors (Lipinski definition) is 1. The molecule has 5 heteroatoms. The van der Waals surface area contributed by atoms with Crippen LogP contribution in [0, 0.1) is 0 Å². The van der Waals surface area contributed by atoms with E-state index in [2.05, 4.69) is 15.3 Å². The molecular weight excluding hydrogens is 234 g/mol. The summed E-state index contributed by atoms with van der Waals surface area (Å²) in [5, 5.41) is 4.25. The van der Waals surface area contributed by atoms with Gasteiger partial charge in [-0.15, -0.1) is 0 Å². The van der Waals surface area contributed by atoms with E-state index in [0.717, 1.165) is 43.6 Å². The molecule has 0 spiro atoms. The summed E-state index contributed by atoms with van der Waals surface area (Å²) in [4.78, 5) is 8.31. The summed E-state index contributed by atoms with van der Waals surface area (Å²) in [7, 11) is 0. The fourth-order valence-electron chi connectivity index (χ4n) is 1.30. The van der Waals surface area contributed by atoms with Crippen molar-refractivity contribution in [3.8, 4) is 0 Å². The van der Waals surface area contributed by atoms with E-state index in [1.54, 1.807) is 24.2 Å². The lowest BCUT2D eigenvalue weighted by Crippen LogP contribution is -2.18. The Kier molecular flexibility index (Phi) is 8.90. The third-order valence-electron chi connectivity index (χ3n) is 2.15. The zero-order valence-electron chi connectivity index (χ0n) is 10.4. The predicted molar refractivity (Wildman–Crippen MR) is 71.4 cm³/mol. The summed E-state index contributed by atoms with van der Waals surface area (Å²) in [6, 6.07) is 1.83. The van der Waals surface area contributed by atoms with Crippen LogP contribution >= 0.6 is 11.8 Å². The third-order valence-corrected chi connectivity index (χ3v) is 3.03. The molecule has 1 N–H and O–H groups in total. The monoisotopic (exact) mass is 255 g/mol. The van der Waals surface area contributed by atoms with Gasteiger partial charge in [-0.3, -0.25) is 0 Å². The van der Waals surface area contributed by atoms with Gasteiger partial charge in [0.05, 0.1) is 0 Å². The maximum atomic E-state index is 5.27. The van der Waals surface area contributed by atoms with Gasteiger partial charge in [0.15, 0.2) is 5.16 Å². The number of nitrogens with zero attached hydrogens (tertiary/aromatic N) is 2. The minimum Gasteiger partial charge on any atom is -0.382 e. The molecule has 1 rings (SSSR count). The Labute approximate surface area is 108 Å². The largest absolute Gasteiger partial charge is 0.382 e. The highest BCUT2D eigenvalue weighted by molar-refractivity contribution is 7.99. The average Bonchev–Trinajstić information content (AvgIpc) is 2.38. The van der Waals surface area contributed by atoms with Crippen LogP contribution in [0.3, 0.4) is 0 Å². The SMILES string of the molecule is CCOCCCCNCCSc1ncccn1. The molecule has 0 aliphatic rings. The summed E-state index contributed by atoms with van der Waals surface area (Å²) in [5.41, 5.74) is 0. The van der Waals surface area contributed by atoms with E-state index in [9.17, 15) is 0 Å². The molecule has 4 nitrogen and oxygen atoms in total. The van der Waals surface area contributed by atoms with Gasteiger partial charge in [-0.2, -0.15) is 0 Å². The van der Waals surface area contributed by atoms with Crippen LogP contribution < -0.4 is 5.32 Å². The quantitative estimate of drug-likeness (QED) is 0.393. The first kappa shape index (κ1) is 14.4. The number of aromatic nitrogens is 2. The Bertz CT molecular complexity index is 272. The number of hydrogen-bond acceptors (Lipinski definition) is 5. The standard InChI is InChI=1S/C12H21N3OS/c1-2-16-10-4-3-6-13-9-11-17-12-14-7-5-8-15-12/h5,7-8,13H,2-4,6,9-11H2,1H3. The minimum absolute atomic E-state index is 0.821. The summed E-state index contributed by atoms with van der Waals surface area (Å²) in [5.74, 6) is 1.01. The van der Waals surface area contributed by atoms with E-state index in [0.29, 0.717) is 0 Å².